The fourth-order valence-corrected chi connectivity index (χ4v) is 3.62. The highest BCUT2D eigenvalue weighted by Gasteiger charge is 2.12. The smallest absolute Gasteiger partial charge is 0.338 e. The molecule has 8 nitrogen and oxygen atoms in total. The van der Waals surface area contributed by atoms with Crippen LogP contribution in [-0.4, -0.2) is 25.1 Å². The first-order valence-corrected chi connectivity index (χ1v) is 11.3. The molecule has 0 radical (unpaired) electrons. The zero-order chi connectivity index (χ0) is 25.7. The molecule has 36 heavy (non-hydrogen) atoms. The van der Waals surface area contributed by atoms with Crippen molar-refractivity contribution in [3.63, 3.8) is 0 Å². The predicted octanol–water partition coefficient (Wildman–Crippen LogP) is 5.40. The van der Waals surface area contributed by atoms with Crippen LogP contribution >= 0.6 is 0 Å². The summed E-state index contributed by atoms with van der Waals surface area (Å²) in [5, 5.41) is 3.02. The van der Waals surface area contributed by atoms with Crippen molar-refractivity contribution in [1.29, 1.82) is 0 Å². The Hall–Kier alpha value is -4.59. The van der Waals surface area contributed by atoms with Gasteiger partial charge in [-0.25, -0.2) is 4.79 Å². The maximum absolute atomic E-state index is 12.9. The lowest BCUT2D eigenvalue weighted by Gasteiger charge is -2.10. The number of hydrogen-bond acceptors (Lipinski definition) is 7. The summed E-state index contributed by atoms with van der Waals surface area (Å²) in [6.45, 7) is 5.66. The third kappa shape index (κ3) is 5.90. The molecule has 0 aliphatic heterocycles. The molecular weight excluding hydrogens is 462 g/mol. The number of amides is 1. The fraction of sp³-hybridized carbons (Fsp3) is 0.179. The third-order valence-corrected chi connectivity index (χ3v) is 5.19. The molecule has 8 heteroatoms. The van der Waals surface area contributed by atoms with E-state index in [0.29, 0.717) is 33.7 Å². The lowest BCUT2D eigenvalue weighted by Crippen LogP contribution is -2.20. The summed E-state index contributed by atoms with van der Waals surface area (Å²) in [5.41, 5.74) is 2.94. The van der Waals surface area contributed by atoms with E-state index in [1.165, 1.54) is 6.26 Å². The van der Waals surface area contributed by atoms with Crippen molar-refractivity contribution in [3.8, 4) is 17.2 Å². The summed E-state index contributed by atoms with van der Waals surface area (Å²) < 4.78 is 21.9. The minimum atomic E-state index is -0.425. The number of esters is 1. The summed E-state index contributed by atoms with van der Waals surface area (Å²) in [4.78, 5) is 36.9. The van der Waals surface area contributed by atoms with Gasteiger partial charge in [-0.2, -0.15) is 0 Å². The molecule has 0 saturated heterocycles. The summed E-state index contributed by atoms with van der Waals surface area (Å²) in [7, 11) is 0. The minimum absolute atomic E-state index is 0.0783. The molecule has 0 bridgehead atoms. The van der Waals surface area contributed by atoms with E-state index in [1.807, 2.05) is 32.0 Å². The number of carbonyl (C=O) groups is 2. The van der Waals surface area contributed by atoms with Crippen molar-refractivity contribution >= 4 is 28.5 Å². The maximum Gasteiger partial charge on any atom is 0.338 e. The minimum Gasteiger partial charge on any atom is -0.484 e. The Kier molecular flexibility index (Phi) is 7.34. The lowest BCUT2D eigenvalue weighted by molar-refractivity contribution is -0.118. The second-order valence-electron chi connectivity index (χ2n) is 8.15. The maximum atomic E-state index is 12.9. The largest absolute Gasteiger partial charge is 0.484 e. The molecule has 0 aliphatic carbocycles. The number of rotatable bonds is 8. The molecule has 184 valence electrons. The Morgan fingerprint density at radius 1 is 0.917 bits per heavy atom. The van der Waals surface area contributed by atoms with Crippen LogP contribution in [0.2, 0.25) is 0 Å². The second-order valence-corrected chi connectivity index (χ2v) is 8.15. The van der Waals surface area contributed by atoms with Gasteiger partial charge in [0.25, 0.3) is 5.91 Å². The molecule has 0 unspecified atom stereocenters. The van der Waals surface area contributed by atoms with Gasteiger partial charge in [0.2, 0.25) is 11.2 Å². The Balaban J connectivity index is 1.39. The molecule has 1 aromatic heterocycles. The van der Waals surface area contributed by atoms with Gasteiger partial charge < -0.3 is 23.9 Å². The number of nitrogens with one attached hydrogen (secondary N) is 1. The normalized spacial score (nSPS) is 10.6. The van der Waals surface area contributed by atoms with E-state index >= 15 is 0 Å². The number of fused-ring (bicyclic) bond motifs is 1. The van der Waals surface area contributed by atoms with E-state index < -0.39 is 11.9 Å². The molecule has 0 saturated carbocycles. The Morgan fingerprint density at radius 2 is 1.64 bits per heavy atom. The van der Waals surface area contributed by atoms with Crippen molar-refractivity contribution in [3.05, 3.63) is 93.8 Å². The molecule has 4 aromatic rings. The number of ether oxygens (including phenoxy) is 3. The standard InChI is InChI=1S/C28H25NO7/c1-4-33-28(32)19-5-7-20(8-6-19)29-26(30)16-34-21-9-10-23-24(14-21)35-15-25(27(23)31)36-22-12-17(2)11-18(3)13-22/h5-15H,4,16H2,1-3H3,(H,29,30). The fourth-order valence-electron chi connectivity index (χ4n) is 3.62. The Bertz CT molecular complexity index is 1450. The number of aryl methyl sites for hydroxylation is 2. The van der Waals surface area contributed by atoms with Crippen LogP contribution in [0.3, 0.4) is 0 Å². The number of hydrogen-bond donors (Lipinski definition) is 1. The van der Waals surface area contributed by atoms with Crippen molar-refractivity contribution in [2.75, 3.05) is 18.5 Å². The first-order valence-electron chi connectivity index (χ1n) is 11.3. The van der Waals surface area contributed by atoms with Crippen LogP contribution in [0.5, 0.6) is 17.2 Å². The van der Waals surface area contributed by atoms with Crippen molar-refractivity contribution in [2.45, 2.75) is 20.8 Å². The van der Waals surface area contributed by atoms with Crippen molar-refractivity contribution in [2.24, 2.45) is 0 Å². The van der Waals surface area contributed by atoms with Crippen LogP contribution in [0.4, 0.5) is 5.69 Å². The number of benzene rings is 3. The van der Waals surface area contributed by atoms with E-state index in [9.17, 15) is 14.4 Å². The van der Waals surface area contributed by atoms with Crippen LogP contribution in [0, 0.1) is 13.8 Å². The molecule has 1 heterocycles. The molecule has 3 aromatic carbocycles. The van der Waals surface area contributed by atoms with Crippen LogP contribution in [0.1, 0.15) is 28.4 Å². The molecule has 0 aliphatic rings. The van der Waals surface area contributed by atoms with Gasteiger partial charge in [0, 0.05) is 11.8 Å². The molecule has 4 rings (SSSR count). The SMILES string of the molecule is CCOC(=O)c1ccc(NC(=O)COc2ccc3c(=O)c(Oc4cc(C)cc(C)c4)coc3c2)cc1. The quantitative estimate of drug-likeness (QED) is 0.332. The molecule has 1 amide bonds. The second kappa shape index (κ2) is 10.8. The van der Waals surface area contributed by atoms with Crippen LogP contribution in [-0.2, 0) is 9.53 Å². The van der Waals surface area contributed by atoms with Gasteiger partial charge >= 0.3 is 5.97 Å². The van der Waals surface area contributed by atoms with E-state index in [2.05, 4.69) is 5.32 Å². The molecule has 0 spiro atoms. The highest BCUT2D eigenvalue weighted by atomic mass is 16.5. The first-order chi connectivity index (χ1) is 17.3. The monoisotopic (exact) mass is 487 g/mol. The van der Waals surface area contributed by atoms with Gasteiger partial charge in [-0.3, -0.25) is 9.59 Å². The third-order valence-electron chi connectivity index (χ3n) is 5.19. The van der Waals surface area contributed by atoms with E-state index in [0.717, 1.165) is 11.1 Å². The van der Waals surface area contributed by atoms with Crippen LogP contribution in [0.25, 0.3) is 11.0 Å². The van der Waals surface area contributed by atoms with Gasteiger partial charge in [0.1, 0.15) is 23.3 Å². The van der Waals surface area contributed by atoms with E-state index in [4.69, 9.17) is 18.6 Å². The molecule has 1 N–H and O–H groups in total. The average molecular weight is 488 g/mol. The molecule has 0 fully saturated rings. The number of carbonyl (C=O) groups excluding carboxylic acids is 2. The Morgan fingerprint density at radius 3 is 2.33 bits per heavy atom. The average Bonchev–Trinajstić information content (AvgIpc) is 2.84. The lowest BCUT2D eigenvalue weighted by atomic mass is 10.1. The summed E-state index contributed by atoms with van der Waals surface area (Å²) in [6, 6.07) is 16.7. The first kappa shape index (κ1) is 24.5. The van der Waals surface area contributed by atoms with Crippen LogP contribution in [0.15, 0.2) is 76.1 Å². The molecular formula is C28H25NO7. The van der Waals surface area contributed by atoms with E-state index in [1.54, 1.807) is 49.4 Å². The molecule has 0 atom stereocenters. The highest BCUT2D eigenvalue weighted by Crippen LogP contribution is 2.25. The zero-order valence-corrected chi connectivity index (χ0v) is 20.1. The summed E-state index contributed by atoms with van der Waals surface area (Å²) in [6.07, 6.45) is 1.26. The highest BCUT2D eigenvalue weighted by molar-refractivity contribution is 5.93. The summed E-state index contributed by atoms with van der Waals surface area (Å²) >= 11 is 0. The zero-order valence-electron chi connectivity index (χ0n) is 20.1. The van der Waals surface area contributed by atoms with Gasteiger partial charge in [0.05, 0.1) is 17.6 Å². The topological polar surface area (TPSA) is 104 Å². The van der Waals surface area contributed by atoms with Gasteiger partial charge in [-0.1, -0.05) is 6.07 Å². The van der Waals surface area contributed by atoms with E-state index in [-0.39, 0.29) is 24.4 Å². The predicted molar refractivity (Wildman–Crippen MR) is 135 cm³/mol. The Labute approximate surface area is 207 Å². The van der Waals surface area contributed by atoms with Crippen LogP contribution < -0.4 is 20.2 Å². The van der Waals surface area contributed by atoms with Crippen molar-refractivity contribution in [1.82, 2.24) is 0 Å². The van der Waals surface area contributed by atoms with Gasteiger partial charge in [-0.05, 0) is 80.4 Å². The van der Waals surface area contributed by atoms with Crippen molar-refractivity contribution < 1.29 is 28.2 Å². The number of anilines is 1. The van der Waals surface area contributed by atoms with Gasteiger partial charge in [0.15, 0.2) is 6.61 Å². The summed E-state index contributed by atoms with van der Waals surface area (Å²) in [5.74, 6) is 0.180. The van der Waals surface area contributed by atoms with Gasteiger partial charge in [-0.15, -0.1) is 0 Å².